The Labute approximate surface area is 209 Å². The molecule has 0 amide bonds. The van der Waals surface area contributed by atoms with Crippen LogP contribution in [-0.2, 0) is 6.54 Å². The largest absolute Gasteiger partial charge is 0.497 e. The van der Waals surface area contributed by atoms with Crippen molar-refractivity contribution in [2.75, 3.05) is 45.7 Å². The molecule has 0 radical (unpaired) electrons. The first-order valence-electron chi connectivity index (χ1n) is 13.0. The first-order chi connectivity index (χ1) is 16.9. The minimum atomic E-state index is 0.0324. The monoisotopic (exact) mass is 479 g/mol. The maximum Gasteiger partial charge on any atom is 0.228 e. The van der Waals surface area contributed by atoms with Crippen molar-refractivity contribution in [3.8, 4) is 5.75 Å². The number of benzene rings is 1. The SMILES string of the molecule is COc1cccc(C(C)Nc2nc(CN(C)CCCN3CCCCC3)nc3c(C(C)C)cnn23)c1. The van der Waals surface area contributed by atoms with E-state index in [1.54, 1.807) is 7.11 Å². The number of nitrogens with zero attached hydrogens (tertiary/aromatic N) is 6. The molecule has 8 nitrogen and oxygen atoms in total. The molecule has 1 aliphatic heterocycles. The van der Waals surface area contributed by atoms with E-state index in [0.29, 0.717) is 18.4 Å². The van der Waals surface area contributed by atoms with Gasteiger partial charge in [0.05, 0.1) is 25.9 Å². The van der Waals surface area contributed by atoms with Gasteiger partial charge in [0.15, 0.2) is 5.65 Å². The van der Waals surface area contributed by atoms with Gasteiger partial charge < -0.3 is 15.0 Å². The van der Waals surface area contributed by atoms with Gasteiger partial charge in [0.25, 0.3) is 0 Å². The van der Waals surface area contributed by atoms with Crippen molar-refractivity contribution in [3.05, 3.63) is 47.4 Å². The van der Waals surface area contributed by atoms with Gasteiger partial charge in [-0.3, -0.25) is 4.90 Å². The number of piperidine rings is 1. The molecule has 0 saturated carbocycles. The lowest BCUT2D eigenvalue weighted by Crippen LogP contribution is -2.32. The van der Waals surface area contributed by atoms with Crippen molar-refractivity contribution >= 4 is 11.6 Å². The average Bonchev–Trinajstić information content (AvgIpc) is 3.29. The molecule has 4 rings (SSSR count). The van der Waals surface area contributed by atoms with Gasteiger partial charge in [-0.15, -0.1) is 0 Å². The summed E-state index contributed by atoms with van der Waals surface area (Å²) in [5.41, 5.74) is 3.15. The molecule has 3 aromatic rings. The van der Waals surface area contributed by atoms with Crippen molar-refractivity contribution in [1.82, 2.24) is 29.4 Å². The third kappa shape index (κ3) is 6.49. The molecule has 0 spiro atoms. The summed E-state index contributed by atoms with van der Waals surface area (Å²) in [6.45, 7) is 11.9. The molecule has 190 valence electrons. The summed E-state index contributed by atoms with van der Waals surface area (Å²) in [4.78, 5) is 14.8. The smallest absolute Gasteiger partial charge is 0.228 e. The third-order valence-electron chi connectivity index (χ3n) is 6.88. The lowest BCUT2D eigenvalue weighted by Gasteiger charge is -2.27. The normalized spacial score (nSPS) is 15.7. The van der Waals surface area contributed by atoms with Gasteiger partial charge in [-0.25, -0.2) is 4.98 Å². The molecular formula is C27H41N7O. The molecule has 1 aromatic carbocycles. The molecule has 1 atom stereocenters. The summed E-state index contributed by atoms with van der Waals surface area (Å²) >= 11 is 0. The highest BCUT2D eigenvalue weighted by Gasteiger charge is 2.18. The average molecular weight is 480 g/mol. The van der Waals surface area contributed by atoms with Crippen LogP contribution in [0.1, 0.15) is 75.4 Å². The van der Waals surface area contributed by atoms with E-state index < -0.39 is 0 Å². The van der Waals surface area contributed by atoms with E-state index in [-0.39, 0.29) is 6.04 Å². The van der Waals surface area contributed by atoms with E-state index >= 15 is 0 Å². The number of anilines is 1. The summed E-state index contributed by atoms with van der Waals surface area (Å²) in [6, 6.07) is 8.15. The summed E-state index contributed by atoms with van der Waals surface area (Å²) in [6.07, 6.45) is 7.16. The predicted molar refractivity (Wildman–Crippen MR) is 141 cm³/mol. The summed E-state index contributed by atoms with van der Waals surface area (Å²) in [7, 11) is 3.85. The van der Waals surface area contributed by atoms with Crippen molar-refractivity contribution in [3.63, 3.8) is 0 Å². The Bertz CT molecular complexity index is 1090. The van der Waals surface area contributed by atoms with Gasteiger partial charge in [0.2, 0.25) is 5.95 Å². The standard InChI is InChI=1S/C27H41N7O/c1-20(2)24-18-28-34-26(24)30-25(19-32(4)13-10-16-33-14-7-6-8-15-33)31-27(34)29-21(3)22-11-9-12-23(17-22)35-5/h9,11-12,17-18,20-21H,6-8,10,13-16,19H2,1-5H3,(H,29,30,31). The summed E-state index contributed by atoms with van der Waals surface area (Å²) in [5, 5.41) is 8.20. The van der Waals surface area contributed by atoms with Gasteiger partial charge in [0, 0.05) is 5.56 Å². The fraction of sp³-hybridized carbons (Fsp3) is 0.593. The molecule has 0 bridgehead atoms. The van der Waals surface area contributed by atoms with E-state index in [1.807, 2.05) is 22.8 Å². The van der Waals surface area contributed by atoms with Crippen LogP contribution in [0.5, 0.6) is 5.75 Å². The minimum absolute atomic E-state index is 0.0324. The van der Waals surface area contributed by atoms with Gasteiger partial charge in [-0.2, -0.15) is 14.6 Å². The fourth-order valence-electron chi connectivity index (χ4n) is 4.77. The molecule has 1 aliphatic rings. The minimum Gasteiger partial charge on any atom is -0.497 e. The zero-order valence-corrected chi connectivity index (χ0v) is 22.0. The van der Waals surface area contributed by atoms with Crippen LogP contribution in [0, 0.1) is 0 Å². The van der Waals surface area contributed by atoms with Crippen molar-refractivity contribution in [2.24, 2.45) is 0 Å². The number of fused-ring (bicyclic) bond motifs is 1. The number of nitrogens with one attached hydrogen (secondary N) is 1. The topological polar surface area (TPSA) is 70.8 Å². The zero-order chi connectivity index (χ0) is 24.8. The molecular weight excluding hydrogens is 438 g/mol. The molecule has 1 fully saturated rings. The number of likely N-dealkylation sites (tertiary alicyclic amines) is 1. The van der Waals surface area contributed by atoms with Gasteiger partial charge in [-0.05, 0) is 83.0 Å². The van der Waals surface area contributed by atoms with E-state index in [9.17, 15) is 0 Å². The van der Waals surface area contributed by atoms with Gasteiger partial charge >= 0.3 is 0 Å². The molecule has 2 aromatic heterocycles. The van der Waals surface area contributed by atoms with Crippen molar-refractivity contribution in [2.45, 2.75) is 65.0 Å². The number of methoxy groups -OCH3 is 1. The number of ether oxygens (including phenoxy) is 1. The Morgan fingerprint density at radius 2 is 1.91 bits per heavy atom. The van der Waals surface area contributed by atoms with Crippen LogP contribution in [0.25, 0.3) is 5.65 Å². The molecule has 1 saturated heterocycles. The van der Waals surface area contributed by atoms with Crippen LogP contribution in [0.2, 0.25) is 0 Å². The van der Waals surface area contributed by atoms with Crippen LogP contribution in [0.15, 0.2) is 30.5 Å². The highest BCUT2D eigenvalue weighted by molar-refractivity contribution is 5.52. The molecule has 0 aliphatic carbocycles. The van der Waals surface area contributed by atoms with Gasteiger partial charge in [0.1, 0.15) is 11.6 Å². The molecule has 8 heteroatoms. The fourth-order valence-corrected chi connectivity index (χ4v) is 4.77. The second kappa shape index (κ2) is 11.8. The quantitative estimate of drug-likeness (QED) is 0.426. The zero-order valence-electron chi connectivity index (χ0n) is 22.0. The van der Waals surface area contributed by atoms with Crippen LogP contribution < -0.4 is 10.1 Å². The number of aromatic nitrogens is 4. The summed E-state index contributed by atoms with van der Waals surface area (Å²) < 4.78 is 7.25. The van der Waals surface area contributed by atoms with Gasteiger partial charge in [-0.1, -0.05) is 32.4 Å². The number of rotatable bonds is 11. The van der Waals surface area contributed by atoms with E-state index in [4.69, 9.17) is 14.7 Å². The Balaban J connectivity index is 1.50. The Kier molecular flexibility index (Phi) is 8.57. The number of hydrogen-bond acceptors (Lipinski definition) is 7. The Hall–Kier alpha value is -2.71. The van der Waals surface area contributed by atoms with Crippen LogP contribution in [-0.4, -0.2) is 69.7 Å². The van der Waals surface area contributed by atoms with Crippen LogP contribution in [0.4, 0.5) is 5.95 Å². The lowest BCUT2D eigenvalue weighted by atomic mass is 10.1. The predicted octanol–water partition coefficient (Wildman–Crippen LogP) is 4.74. The second-order valence-electron chi connectivity index (χ2n) is 10.1. The highest BCUT2D eigenvalue weighted by atomic mass is 16.5. The van der Waals surface area contributed by atoms with Crippen LogP contribution in [0.3, 0.4) is 0 Å². The lowest BCUT2D eigenvalue weighted by molar-refractivity contribution is 0.209. The molecule has 1 N–H and O–H groups in total. The first kappa shape index (κ1) is 25.4. The van der Waals surface area contributed by atoms with Crippen molar-refractivity contribution < 1.29 is 4.74 Å². The Morgan fingerprint density at radius 1 is 1.11 bits per heavy atom. The van der Waals surface area contributed by atoms with E-state index in [0.717, 1.165) is 34.9 Å². The molecule has 1 unspecified atom stereocenters. The molecule has 35 heavy (non-hydrogen) atoms. The van der Waals surface area contributed by atoms with E-state index in [1.165, 1.54) is 45.3 Å². The third-order valence-corrected chi connectivity index (χ3v) is 6.88. The Morgan fingerprint density at radius 3 is 2.66 bits per heavy atom. The maximum atomic E-state index is 5.41. The van der Waals surface area contributed by atoms with Crippen molar-refractivity contribution in [1.29, 1.82) is 0 Å². The number of hydrogen-bond donors (Lipinski definition) is 1. The second-order valence-corrected chi connectivity index (χ2v) is 10.1. The maximum absolute atomic E-state index is 5.41. The van der Waals surface area contributed by atoms with Crippen LogP contribution >= 0.6 is 0 Å². The highest BCUT2D eigenvalue weighted by Crippen LogP contribution is 2.25. The summed E-state index contributed by atoms with van der Waals surface area (Å²) in [5.74, 6) is 2.72. The van der Waals surface area contributed by atoms with E-state index in [2.05, 4.69) is 60.2 Å². The first-order valence-corrected chi connectivity index (χ1v) is 13.0. The molecule has 3 heterocycles.